The van der Waals surface area contributed by atoms with Gasteiger partial charge in [-0.25, -0.2) is 0 Å². The largest absolute Gasteiger partial charge is 0.323 e. The fourth-order valence-electron chi connectivity index (χ4n) is 2.82. The summed E-state index contributed by atoms with van der Waals surface area (Å²) in [4.78, 5) is 26.0. The van der Waals surface area contributed by atoms with Gasteiger partial charge in [0, 0.05) is 16.6 Å². The highest BCUT2D eigenvalue weighted by Crippen LogP contribution is 2.47. The molecule has 112 valence electrons. The van der Waals surface area contributed by atoms with Crippen LogP contribution < -0.4 is 5.32 Å². The smallest absolute Gasteiger partial charge is 0.248 e. The Labute approximate surface area is 140 Å². The molecule has 2 aliphatic heterocycles. The minimum atomic E-state index is -0.422. The molecule has 21 heavy (non-hydrogen) atoms. The van der Waals surface area contributed by atoms with Gasteiger partial charge in [0.2, 0.25) is 11.8 Å². The number of nitrogens with one attached hydrogen (secondary N) is 1. The summed E-state index contributed by atoms with van der Waals surface area (Å²) in [5, 5.41) is 3.30. The van der Waals surface area contributed by atoms with Crippen LogP contribution in [0.3, 0.4) is 0 Å². The quantitative estimate of drug-likeness (QED) is 0.842. The monoisotopic (exact) mass is 388 g/mol. The zero-order chi connectivity index (χ0) is 15.2. The molecule has 4 nitrogen and oxygen atoms in total. The zero-order valence-electron chi connectivity index (χ0n) is 11.4. The Morgan fingerprint density at radius 1 is 1.57 bits per heavy atom. The predicted molar refractivity (Wildman–Crippen MR) is 88.5 cm³/mol. The maximum atomic E-state index is 12.5. The van der Waals surface area contributed by atoms with Gasteiger partial charge in [0.25, 0.3) is 0 Å². The molecule has 2 aliphatic rings. The molecule has 1 N–H and O–H groups in total. The second-order valence-corrected chi connectivity index (χ2v) is 8.20. The summed E-state index contributed by atoms with van der Waals surface area (Å²) >= 11 is 11.1. The van der Waals surface area contributed by atoms with E-state index in [0.29, 0.717) is 22.9 Å². The molecule has 0 spiro atoms. The summed E-state index contributed by atoms with van der Waals surface area (Å²) in [6.07, 6.45) is 1.33. The van der Waals surface area contributed by atoms with Crippen LogP contribution in [0.2, 0.25) is 5.02 Å². The Hall–Kier alpha value is -0.720. The first-order valence-corrected chi connectivity index (χ1v) is 8.78. The Balaban J connectivity index is 1.78. The Morgan fingerprint density at radius 3 is 3.05 bits per heavy atom. The van der Waals surface area contributed by atoms with Gasteiger partial charge in [-0.3, -0.25) is 9.59 Å². The average Bonchev–Trinajstić information content (AvgIpc) is 2.90. The molecule has 2 atom stereocenters. The van der Waals surface area contributed by atoms with E-state index in [1.54, 1.807) is 28.8 Å². The topological polar surface area (TPSA) is 49.4 Å². The van der Waals surface area contributed by atoms with Crippen LogP contribution in [-0.2, 0) is 9.59 Å². The number of amides is 2. The Morgan fingerprint density at radius 2 is 2.33 bits per heavy atom. The van der Waals surface area contributed by atoms with Crippen molar-refractivity contribution in [1.82, 2.24) is 4.90 Å². The minimum absolute atomic E-state index is 0.0598. The molecule has 7 heteroatoms. The number of hydrogen-bond acceptors (Lipinski definition) is 3. The van der Waals surface area contributed by atoms with E-state index in [1.807, 2.05) is 13.0 Å². The number of hydrogen-bond donors (Lipinski definition) is 1. The van der Waals surface area contributed by atoms with Gasteiger partial charge in [-0.1, -0.05) is 27.5 Å². The van der Waals surface area contributed by atoms with Crippen LogP contribution in [0.25, 0.3) is 0 Å². The molecule has 2 amide bonds. The van der Waals surface area contributed by atoms with Gasteiger partial charge in [0.15, 0.2) is 0 Å². The Bertz CT molecular complexity index is 627. The Kier molecular flexibility index (Phi) is 3.96. The highest BCUT2D eigenvalue weighted by atomic mass is 79.9. The summed E-state index contributed by atoms with van der Waals surface area (Å²) < 4.78 is 0.851. The molecule has 0 bridgehead atoms. The molecule has 3 rings (SSSR count). The number of carbonyl (C=O) groups excluding carboxylic acids is 2. The molecular weight excluding hydrogens is 376 g/mol. The standard InChI is InChI=1S/C14H14BrClN2O2S/c1-14-5-4-12(19)18(14)11(7-21-14)13(20)17-10-3-2-8(15)6-9(10)16/h2-3,6,11H,4-5,7H2,1H3,(H,17,20)/t11-,14-/m1/s1. The van der Waals surface area contributed by atoms with Crippen LogP contribution in [0.1, 0.15) is 19.8 Å². The van der Waals surface area contributed by atoms with Gasteiger partial charge in [-0.05, 0) is 31.5 Å². The van der Waals surface area contributed by atoms with E-state index in [-0.39, 0.29) is 16.7 Å². The summed E-state index contributed by atoms with van der Waals surface area (Å²) in [6.45, 7) is 2.03. The molecule has 2 fully saturated rings. The lowest BCUT2D eigenvalue weighted by atomic mass is 10.2. The number of thioether (sulfide) groups is 1. The van der Waals surface area contributed by atoms with Gasteiger partial charge in [-0.2, -0.15) is 0 Å². The first-order valence-electron chi connectivity index (χ1n) is 6.63. The van der Waals surface area contributed by atoms with Crippen LogP contribution in [0, 0.1) is 0 Å². The van der Waals surface area contributed by atoms with Crippen molar-refractivity contribution in [2.45, 2.75) is 30.7 Å². The van der Waals surface area contributed by atoms with Crippen molar-refractivity contribution in [3.63, 3.8) is 0 Å². The van der Waals surface area contributed by atoms with E-state index in [0.717, 1.165) is 10.9 Å². The molecule has 2 saturated heterocycles. The number of nitrogens with zero attached hydrogens (tertiary/aromatic N) is 1. The van der Waals surface area contributed by atoms with Crippen molar-refractivity contribution in [3.05, 3.63) is 27.7 Å². The first kappa shape index (κ1) is 15.2. The normalized spacial score (nSPS) is 27.9. The maximum Gasteiger partial charge on any atom is 0.248 e. The third-order valence-corrected chi connectivity index (χ3v) is 6.25. The number of benzene rings is 1. The van der Waals surface area contributed by atoms with E-state index >= 15 is 0 Å². The highest BCUT2D eigenvalue weighted by Gasteiger charge is 2.52. The summed E-state index contributed by atoms with van der Waals surface area (Å²) in [6, 6.07) is 4.87. The van der Waals surface area contributed by atoms with Crippen molar-refractivity contribution < 1.29 is 9.59 Å². The molecule has 0 aliphatic carbocycles. The third kappa shape index (κ3) is 2.69. The second-order valence-electron chi connectivity index (χ2n) is 5.38. The molecule has 0 radical (unpaired) electrons. The van der Waals surface area contributed by atoms with Gasteiger partial charge in [0.05, 0.1) is 15.6 Å². The van der Waals surface area contributed by atoms with Gasteiger partial charge >= 0.3 is 0 Å². The van der Waals surface area contributed by atoms with E-state index < -0.39 is 6.04 Å². The molecule has 0 unspecified atom stereocenters. The fraction of sp³-hybridized carbons (Fsp3) is 0.429. The van der Waals surface area contributed by atoms with Crippen LogP contribution in [0.15, 0.2) is 22.7 Å². The number of halogens is 2. The van der Waals surface area contributed by atoms with Crippen LogP contribution in [0.4, 0.5) is 5.69 Å². The van der Waals surface area contributed by atoms with E-state index in [4.69, 9.17) is 11.6 Å². The van der Waals surface area contributed by atoms with E-state index in [9.17, 15) is 9.59 Å². The fourth-order valence-corrected chi connectivity index (χ4v) is 4.97. The molecular formula is C14H14BrClN2O2S. The lowest BCUT2D eigenvalue weighted by molar-refractivity contribution is -0.135. The van der Waals surface area contributed by atoms with Crippen LogP contribution in [0.5, 0.6) is 0 Å². The predicted octanol–water partition coefficient (Wildman–Crippen LogP) is 3.50. The minimum Gasteiger partial charge on any atom is -0.323 e. The van der Waals surface area contributed by atoms with Gasteiger partial charge < -0.3 is 10.2 Å². The summed E-state index contributed by atoms with van der Waals surface area (Å²) in [5.74, 6) is 0.512. The molecule has 1 aromatic rings. The van der Waals surface area contributed by atoms with E-state index in [1.165, 1.54) is 0 Å². The first-order chi connectivity index (χ1) is 9.90. The zero-order valence-corrected chi connectivity index (χ0v) is 14.5. The number of carbonyl (C=O) groups is 2. The lowest BCUT2D eigenvalue weighted by Crippen LogP contribution is -2.48. The van der Waals surface area contributed by atoms with Gasteiger partial charge in [-0.15, -0.1) is 11.8 Å². The SMILES string of the molecule is C[C@@]12CCC(=O)N1[C@@H](C(=O)Nc1ccc(Br)cc1Cl)CS2. The lowest BCUT2D eigenvalue weighted by Gasteiger charge is -2.29. The number of rotatable bonds is 2. The number of anilines is 1. The molecule has 1 aromatic carbocycles. The van der Waals surface area contributed by atoms with Crippen LogP contribution in [-0.4, -0.2) is 33.4 Å². The highest BCUT2D eigenvalue weighted by molar-refractivity contribution is 9.10. The molecule has 0 saturated carbocycles. The second kappa shape index (κ2) is 5.48. The summed E-state index contributed by atoms with van der Waals surface area (Å²) in [7, 11) is 0. The number of fused-ring (bicyclic) bond motifs is 1. The molecule has 0 aromatic heterocycles. The molecule has 2 heterocycles. The van der Waals surface area contributed by atoms with Gasteiger partial charge in [0.1, 0.15) is 6.04 Å². The van der Waals surface area contributed by atoms with Crippen molar-refractivity contribution in [1.29, 1.82) is 0 Å². The van der Waals surface area contributed by atoms with Crippen molar-refractivity contribution in [2.75, 3.05) is 11.1 Å². The third-order valence-electron chi connectivity index (χ3n) is 3.94. The average molecular weight is 390 g/mol. The van der Waals surface area contributed by atoms with Crippen molar-refractivity contribution >= 4 is 56.8 Å². The summed E-state index contributed by atoms with van der Waals surface area (Å²) in [5.41, 5.74) is 0.565. The van der Waals surface area contributed by atoms with E-state index in [2.05, 4.69) is 21.2 Å². The maximum absolute atomic E-state index is 12.5. The van der Waals surface area contributed by atoms with Crippen molar-refractivity contribution in [3.8, 4) is 0 Å². The van der Waals surface area contributed by atoms with Crippen LogP contribution >= 0.6 is 39.3 Å². The van der Waals surface area contributed by atoms with Crippen molar-refractivity contribution in [2.24, 2.45) is 0 Å².